The molecule has 0 saturated carbocycles. The first-order chi connectivity index (χ1) is 9.74. The smallest absolute Gasteiger partial charge is 0.367 e. The molecule has 0 aliphatic rings. The molecule has 0 aliphatic carbocycles. The molecular formula is C11H9ClF3N5O. The normalized spacial score (nSPS) is 11.4. The maximum atomic E-state index is 12.6. The highest BCUT2D eigenvalue weighted by molar-refractivity contribution is 6.31. The molecule has 1 amide bonds. The number of nitrogens with zero attached hydrogens (tertiary/aromatic N) is 3. The van der Waals surface area contributed by atoms with Crippen molar-refractivity contribution in [1.82, 2.24) is 14.8 Å². The van der Waals surface area contributed by atoms with Gasteiger partial charge in [0.25, 0.3) is 0 Å². The minimum Gasteiger partial charge on any atom is -0.367 e. The molecule has 10 heteroatoms. The topological polar surface area (TPSA) is 85.8 Å². The van der Waals surface area contributed by atoms with E-state index in [0.717, 1.165) is 16.8 Å². The largest absolute Gasteiger partial charge is 0.416 e. The molecule has 112 valence electrons. The second-order valence-corrected chi connectivity index (χ2v) is 4.51. The summed E-state index contributed by atoms with van der Waals surface area (Å²) >= 11 is 5.61. The number of anilines is 2. The van der Waals surface area contributed by atoms with Gasteiger partial charge in [-0.3, -0.25) is 4.79 Å². The van der Waals surface area contributed by atoms with Crippen LogP contribution in [0.4, 0.5) is 24.8 Å². The first kappa shape index (κ1) is 15.1. The van der Waals surface area contributed by atoms with Crippen molar-refractivity contribution in [1.29, 1.82) is 0 Å². The van der Waals surface area contributed by atoms with Gasteiger partial charge in [0.1, 0.15) is 12.9 Å². The third-order valence-corrected chi connectivity index (χ3v) is 2.59. The number of nitrogen functional groups attached to an aromatic ring is 1. The average Bonchev–Trinajstić information content (AvgIpc) is 2.72. The van der Waals surface area contributed by atoms with E-state index in [1.807, 2.05) is 0 Å². The van der Waals surface area contributed by atoms with Crippen LogP contribution in [0.15, 0.2) is 24.5 Å². The van der Waals surface area contributed by atoms with E-state index in [2.05, 4.69) is 15.4 Å². The number of hydrogen-bond donors (Lipinski definition) is 2. The van der Waals surface area contributed by atoms with Crippen molar-refractivity contribution in [3.63, 3.8) is 0 Å². The van der Waals surface area contributed by atoms with Crippen LogP contribution >= 0.6 is 11.6 Å². The van der Waals surface area contributed by atoms with E-state index in [-0.39, 0.29) is 23.2 Å². The Morgan fingerprint density at radius 1 is 1.38 bits per heavy atom. The predicted molar refractivity (Wildman–Crippen MR) is 69.5 cm³/mol. The number of nitrogens with one attached hydrogen (secondary N) is 1. The van der Waals surface area contributed by atoms with Crippen molar-refractivity contribution in [3.05, 3.63) is 35.1 Å². The van der Waals surface area contributed by atoms with Crippen molar-refractivity contribution < 1.29 is 18.0 Å². The molecule has 6 nitrogen and oxygen atoms in total. The van der Waals surface area contributed by atoms with Crippen LogP contribution in [-0.2, 0) is 17.5 Å². The highest BCUT2D eigenvalue weighted by atomic mass is 35.5. The number of nitrogens with two attached hydrogens (primary N) is 1. The Morgan fingerprint density at radius 2 is 2.10 bits per heavy atom. The molecule has 1 heterocycles. The average molecular weight is 320 g/mol. The van der Waals surface area contributed by atoms with Crippen molar-refractivity contribution in [3.8, 4) is 0 Å². The second kappa shape index (κ2) is 5.60. The van der Waals surface area contributed by atoms with E-state index in [1.54, 1.807) is 0 Å². The minimum atomic E-state index is -4.55. The lowest BCUT2D eigenvalue weighted by Gasteiger charge is -2.11. The lowest BCUT2D eigenvalue weighted by molar-refractivity contribution is -0.137. The van der Waals surface area contributed by atoms with Gasteiger partial charge in [0.2, 0.25) is 11.9 Å². The van der Waals surface area contributed by atoms with Crippen LogP contribution in [0.3, 0.4) is 0 Å². The number of hydrogen-bond acceptors (Lipinski definition) is 4. The Bertz CT molecular complexity index is 670. The summed E-state index contributed by atoms with van der Waals surface area (Å²) in [5, 5.41) is 5.85. The Morgan fingerprint density at radius 3 is 2.67 bits per heavy atom. The number of halogens is 4. The van der Waals surface area contributed by atoms with Crippen molar-refractivity contribution in [2.24, 2.45) is 0 Å². The number of amides is 1. The Balaban J connectivity index is 2.12. The van der Waals surface area contributed by atoms with Gasteiger partial charge in [0.15, 0.2) is 0 Å². The molecular weight excluding hydrogens is 311 g/mol. The third-order valence-electron chi connectivity index (χ3n) is 2.37. The van der Waals surface area contributed by atoms with Gasteiger partial charge in [0.05, 0.1) is 5.56 Å². The molecule has 0 saturated heterocycles. The maximum Gasteiger partial charge on any atom is 0.416 e. The summed E-state index contributed by atoms with van der Waals surface area (Å²) in [6.07, 6.45) is -3.32. The van der Waals surface area contributed by atoms with E-state index < -0.39 is 17.6 Å². The van der Waals surface area contributed by atoms with E-state index >= 15 is 0 Å². The zero-order valence-electron chi connectivity index (χ0n) is 10.4. The highest BCUT2D eigenvalue weighted by Crippen LogP contribution is 2.33. The van der Waals surface area contributed by atoms with Crippen LogP contribution in [0.25, 0.3) is 0 Å². The van der Waals surface area contributed by atoms with Crippen LogP contribution < -0.4 is 11.1 Å². The summed E-state index contributed by atoms with van der Waals surface area (Å²) in [7, 11) is 0. The van der Waals surface area contributed by atoms with Gasteiger partial charge in [0, 0.05) is 10.7 Å². The van der Waals surface area contributed by atoms with E-state index in [0.29, 0.717) is 0 Å². The van der Waals surface area contributed by atoms with Crippen LogP contribution in [0.5, 0.6) is 0 Å². The zero-order valence-corrected chi connectivity index (χ0v) is 11.1. The van der Waals surface area contributed by atoms with Crippen molar-refractivity contribution in [2.45, 2.75) is 12.7 Å². The fraction of sp³-hybridized carbons (Fsp3) is 0.182. The Hall–Kier alpha value is -2.29. The molecule has 0 radical (unpaired) electrons. The summed E-state index contributed by atoms with van der Waals surface area (Å²) in [6, 6.07) is 2.78. The maximum absolute atomic E-state index is 12.6. The minimum absolute atomic E-state index is 0.00934. The molecule has 0 bridgehead atoms. The van der Waals surface area contributed by atoms with E-state index in [9.17, 15) is 18.0 Å². The Labute approximate surface area is 121 Å². The SMILES string of the molecule is Nc1ncn(CC(=O)Nc2cc(Cl)cc(C(F)(F)F)c2)n1. The number of carbonyl (C=O) groups excluding carboxylic acids is 1. The monoisotopic (exact) mass is 319 g/mol. The van der Waals surface area contributed by atoms with Gasteiger partial charge in [-0.05, 0) is 18.2 Å². The van der Waals surface area contributed by atoms with Crippen LogP contribution in [0.2, 0.25) is 5.02 Å². The standard InChI is InChI=1S/C11H9ClF3N5O/c12-7-1-6(11(13,14)15)2-8(3-7)18-9(21)4-20-5-17-10(16)19-20/h1-3,5H,4H2,(H2,16,19)(H,18,21). The van der Waals surface area contributed by atoms with Gasteiger partial charge in [-0.15, -0.1) is 5.10 Å². The first-order valence-corrected chi connectivity index (χ1v) is 5.94. The Kier molecular flexibility index (Phi) is 4.03. The van der Waals surface area contributed by atoms with Gasteiger partial charge in [-0.2, -0.15) is 13.2 Å². The molecule has 2 aromatic rings. The molecule has 0 atom stereocenters. The number of rotatable bonds is 3. The number of benzene rings is 1. The zero-order chi connectivity index (χ0) is 15.6. The lowest BCUT2D eigenvalue weighted by Crippen LogP contribution is -2.19. The van der Waals surface area contributed by atoms with Gasteiger partial charge in [-0.1, -0.05) is 11.6 Å². The van der Waals surface area contributed by atoms with Crippen LogP contribution in [-0.4, -0.2) is 20.7 Å². The molecule has 0 spiro atoms. The number of aromatic nitrogens is 3. The van der Waals surface area contributed by atoms with E-state index in [1.165, 1.54) is 12.4 Å². The fourth-order valence-corrected chi connectivity index (χ4v) is 1.79. The number of carbonyl (C=O) groups is 1. The molecule has 3 N–H and O–H groups in total. The fourth-order valence-electron chi connectivity index (χ4n) is 1.56. The molecule has 0 unspecified atom stereocenters. The highest BCUT2D eigenvalue weighted by Gasteiger charge is 2.31. The molecule has 0 fully saturated rings. The van der Waals surface area contributed by atoms with Crippen molar-refractivity contribution in [2.75, 3.05) is 11.1 Å². The molecule has 2 rings (SSSR count). The van der Waals surface area contributed by atoms with Gasteiger partial charge >= 0.3 is 6.18 Å². The summed E-state index contributed by atoms with van der Waals surface area (Å²) in [6.45, 7) is -0.238. The van der Waals surface area contributed by atoms with Crippen molar-refractivity contribution >= 4 is 29.1 Å². The first-order valence-electron chi connectivity index (χ1n) is 5.56. The quantitative estimate of drug-likeness (QED) is 0.908. The third kappa shape index (κ3) is 4.09. The lowest BCUT2D eigenvalue weighted by atomic mass is 10.2. The summed E-state index contributed by atoms with van der Waals surface area (Å²) in [4.78, 5) is 15.3. The molecule has 0 aliphatic heterocycles. The molecule has 21 heavy (non-hydrogen) atoms. The predicted octanol–water partition coefficient (Wildman–Crippen LogP) is 2.17. The van der Waals surface area contributed by atoms with Gasteiger partial charge in [-0.25, -0.2) is 9.67 Å². The van der Waals surface area contributed by atoms with Crippen LogP contribution in [0.1, 0.15) is 5.56 Å². The second-order valence-electron chi connectivity index (χ2n) is 4.07. The summed E-state index contributed by atoms with van der Waals surface area (Å²) in [5.74, 6) is -0.597. The van der Waals surface area contributed by atoms with E-state index in [4.69, 9.17) is 17.3 Å². The molecule has 1 aromatic heterocycles. The summed E-state index contributed by atoms with van der Waals surface area (Å²) in [5.41, 5.74) is 4.27. The summed E-state index contributed by atoms with van der Waals surface area (Å²) < 4.78 is 39.0. The van der Waals surface area contributed by atoms with Crippen LogP contribution in [0, 0.1) is 0 Å². The molecule has 1 aromatic carbocycles. The van der Waals surface area contributed by atoms with Gasteiger partial charge < -0.3 is 11.1 Å². The number of alkyl halides is 3.